The van der Waals surface area contributed by atoms with Crippen LogP contribution in [0.25, 0.3) is 0 Å². The van der Waals surface area contributed by atoms with E-state index in [1.54, 1.807) is 0 Å². The van der Waals surface area contributed by atoms with Crippen molar-refractivity contribution in [3.8, 4) is 11.5 Å². The van der Waals surface area contributed by atoms with Crippen LogP contribution in [0.3, 0.4) is 0 Å². The first-order chi connectivity index (χ1) is 9.88. The van der Waals surface area contributed by atoms with Gasteiger partial charge < -0.3 is 14.2 Å². The van der Waals surface area contributed by atoms with E-state index in [1.165, 1.54) is 0 Å². The lowest BCUT2D eigenvalue weighted by Crippen LogP contribution is -2.06. The van der Waals surface area contributed by atoms with E-state index in [1.807, 2.05) is 61.5 Å². The summed E-state index contributed by atoms with van der Waals surface area (Å²) in [4.78, 5) is 0. The summed E-state index contributed by atoms with van der Waals surface area (Å²) in [5.41, 5.74) is 1.16. The maximum absolute atomic E-state index is 5.71. The summed E-state index contributed by atoms with van der Waals surface area (Å²) < 4.78 is 16.5. The van der Waals surface area contributed by atoms with Gasteiger partial charge in [-0.05, 0) is 36.8 Å². The second-order valence-electron chi connectivity index (χ2n) is 4.29. The van der Waals surface area contributed by atoms with Gasteiger partial charge >= 0.3 is 0 Å². The van der Waals surface area contributed by atoms with Gasteiger partial charge in [0.05, 0.1) is 6.61 Å². The van der Waals surface area contributed by atoms with Gasteiger partial charge in [-0.15, -0.1) is 0 Å². The van der Waals surface area contributed by atoms with Crippen molar-refractivity contribution in [2.24, 2.45) is 0 Å². The average molecular weight is 272 g/mol. The van der Waals surface area contributed by atoms with E-state index in [-0.39, 0.29) is 0 Å². The van der Waals surface area contributed by atoms with Gasteiger partial charge in [0.15, 0.2) is 0 Å². The molecule has 0 radical (unpaired) electrons. The molecule has 0 atom stereocenters. The van der Waals surface area contributed by atoms with Gasteiger partial charge in [-0.3, -0.25) is 0 Å². The molecule has 3 nitrogen and oxygen atoms in total. The van der Waals surface area contributed by atoms with Crippen LogP contribution in [-0.2, 0) is 11.3 Å². The fraction of sp³-hybridized carbons (Fsp3) is 0.294. The second kappa shape index (κ2) is 8.23. The molecule has 0 aromatic heterocycles. The molecule has 0 unspecified atom stereocenters. The molecule has 0 N–H and O–H groups in total. The third-order valence-electron chi connectivity index (χ3n) is 2.77. The maximum Gasteiger partial charge on any atom is 0.120 e. The number of ether oxygens (including phenoxy) is 3. The lowest BCUT2D eigenvalue weighted by atomic mass is 10.2. The molecule has 0 spiro atoms. The summed E-state index contributed by atoms with van der Waals surface area (Å²) in [5, 5.41) is 0. The first-order valence-electron chi connectivity index (χ1n) is 6.86. The molecule has 0 bridgehead atoms. The van der Waals surface area contributed by atoms with Crippen LogP contribution in [0.4, 0.5) is 0 Å². The lowest BCUT2D eigenvalue weighted by Gasteiger charge is -2.09. The average Bonchev–Trinajstić information content (AvgIpc) is 2.52. The fourth-order valence-electron chi connectivity index (χ4n) is 1.74. The van der Waals surface area contributed by atoms with Crippen LogP contribution < -0.4 is 9.47 Å². The van der Waals surface area contributed by atoms with Crippen molar-refractivity contribution in [2.45, 2.75) is 13.5 Å². The fourth-order valence-corrected chi connectivity index (χ4v) is 1.74. The Bertz CT molecular complexity index is 479. The standard InChI is InChI=1S/C17H20O3/c1-2-18-12-13-19-16-8-10-17(11-9-16)20-14-15-6-4-3-5-7-15/h3-11H,2,12-14H2,1H3. The van der Waals surface area contributed by atoms with Crippen LogP contribution in [0, 0.1) is 0 Å². The third kappa shape index (κ3) is 4.94. The van der Waals surface area contributed by atoms with E-state index in [0.717, 1.165) is 23.7 Å². The molecule has 0 aliphatic heterocycles. The Hall–Kier alpha value is -2.00. The monoisotopic (exact) mass is 272 g/mol. The summed E-state index contributed by atoms with van der Waals surface area (Å²) in [5.74, 6) is 1.67. The predicted molar refractivity (Wildman–Crippen MR) is 79.2 cm³/mol. The molecule has 0 amide bonds. The van der Waals surface area contributed by atoms with Crippen LogP contribution in [0.5, 0.6) is 11.5 Å². The van der Waals surface area contributed by atoms with Crippen molar-refractivity contribution < 1.29 is 14.2 Å². The van der Waals surface area contributed by atoms with Crippen LogP contribution in [-0.4, -0.2) is 19.8 Å². The van der Waals surface area contributed by atoms with Crippen molar-refractivity contribution >= 4 is 0 Å². The highest BCUT2D eigenvalue weighted by Crippen LogP contribution is 2.18. The van der Waals surface area contributed by atoms with Crippen LogP contribution in [0.2, 0.25) is 0 Å². The Morgan fingerprint density at radius 1 is 0.750 bits per heavy atom. The van der Waals surface area contributed by atoms with Crippen molar-refractivity contribution in [2.75, 3.05) is 19.8 Å². The van der Waals surface area contributed by atoms with Gasteiger partial charge in [0.1, 0.15) is 24.7 Å². The van der Waals surface area contributed by atoms with Gasteiger partial charge in [-0.1, -0.05) is 30.3 Å². The molecule has 3 heteroatoms. The molecule has 2 rings (SSSR count). The van der Waals surface area contributed by atoms with E-state index >= 15 is 0 Å². The first kappa shape index (κ1) is 14.4. The Morgan fingerprint density at radius 2 is 1.40 bits per heavy atom. The Morgan fingerprint density at radius 3 is 2.05 bits per heavy atom. The third-order valence-corrected chi connectivity index (χ3v) is 2.77. The molecule has 0 aliphatic carbocycles. The highest BCUT2D eigenvalue weighted by atomic mass is 16.5. The number of benzene rings is 2. The molecule has 20 heavy (non-hydrogen) atoms. The smallest absolute Gasteiger partial charge is 0.120 e. The van der Waals surface area contributed by atoms with Crippen LogP contribution in [0.1, 0.15) is 12.5 Å². The van der Waals surface area contributed by atoms with Crippen LogP contribution in [0.15, 0.2) is 54.6 Å². The lowest BCUT2D eigenvalue weighted by molar-refractivity contribution is 0.110. The second-order valence-corrected chi connectivity index (χ2v) is 4.29. The van der Waals surface area contributed by atoms with Gasteiger partial charge in [0, 0.05) is 6.61 Å². The minimum absolute atomic E-state index is 0.568. The predicted octanol–water partition coefficient (Wildman–Crippen LogP) is 3.68. The summed E-state index contributed by atoms with van der Waals surface area (Å²) in [6.07, 6.45) is 0. The quantitative estimate of drug-likeness (QED) is 0.686. The molecule has 0 aliphatic rings. The Balaban J connectivity index is 1.76. The van der Waals surface area contributed by atoms with Gasteiger partial charge in [-0.25, -0.2) is 0 Å². The van der Waals surface area contributed by atoms with E-state index in [4.69, 9.17) is 14.2 Å². The topological polar surface area (TPSA) is 27.7 Å². The zero-order valence-corrected chi connectivity index (χ0v) is 11.7. The maximum atomic E-state index is 5.71. The number of rotatable bonds is 8. The molecule has 0 saturated carbocycles. The van der Waals surface area contributed by atoms with Crippen molar-refractivity contribution in [3.63, 3.8) is 0 Å². The normalized spacial score (nSPS) is 10.2. The van der Waals surface area contributed by atoms with Gasteiger partial charge in [-0.2, -0.15) is 0 Å². The summed E-state index contributed by atoms with van der Waals surface area (Å²) >= 11 is 0. The highest BCUT2D eigenvalue weighted by Gasteiger charge is 1.97. The number of hydrogen-bond donors (Lipinski definition) is 0. The molecular formula is C17H20O3. The minimum Gasteiger partial charge on any atom is -0.491 e. The first-order valence-corrected chi connectivity index (χ1v) is 6.86. The molecule has 0 saturated heterocycles. The molecule has 2 aromatic carbocycles. The molecule has 0 fully saturated rings. The zero-order valence-electron chi connectivity index (χ0n) is 11.7. The van der Waals surface area contributed by atoms with Crippen molar-refractivity contribution in [1.29, 1.82) is 0 Å². The summed E-state index contributed by atoms with van der Waals surface area (Å²) in [6, 6.07) is 17.8. The molecular weight excluding hydrogens is 252 g/mol. The SMILES string of the molecule is CCOCCOc1ccc(OCc2ccccc2)cc1. The minimum atomic E-state index is 0.568. The van der Waals surface area contributed by atoms with Gasteiger partial charge in [0.2, 0.25) is 0 Å². The van der Waals surface area contributed by atoms with E-state index < -0.39 is 0 Å². The van der Waals surface area contributed by atoms with Gasteiger partial charge in [0.25, 0.3) is 0 Å². The number of hydrogen-bond acceptors (Lipinski definition) is 3. The van der Waals surface area contributed by atoms with Crippen molar-refractivity contribution in [1.82, 2.24) is 0 Å². The zero-order chi connectivity index (χ0) is 14.0. The van der Waals surface area contributed by atoms with E-state index in [0.29, 0.717) is 19.8 Å². The Kier molecular flexibility index (Phi) is 5.93. The molecule has 0 heterocycles. The van der Waals surface area contributed by atoms with E-state index in [2.05, 4.69) is 0 Å². The van der Waals surface area contributed by atoms with Crippen molar-refractivity contribution in [3.05, 3.63) is 60.2 Å². The Labute approximate surface area is 120 Å². The summed E-state index contributed by atoms with van der Waals surface area (Å²) in [7, 11) is 0. The van der Waals surface area contributed by atoms with Crippen LogP contribution >= 0.6 is 0 Å². The summed E-state index contributed by atoms with van der Waals surface area (Å²) in [6.45, 7) is 4.45. The molecule has 2 aromatic rings. The highest BCUT2D eigenvalue weighted by molar-refractivity contribution is 5.31. The van der Waals surface area contributed by atoms with E-state index in [9.17, 15) is 0 Å². The largest absolute Gasteiger partial charge is 0.491 e. The molecule has 106 valence electrons.